The number of para-hydroxylation sites is 2. The zero-order chi connectivity index (χ0) is 20.7. The van der Waals surface area contributed by atoms with Gasteiger partial charge >= 0.3 is 0 Å². The molecule has 0 aromatic heterocycles. The van der Waals surface area contributed by atoms with Crippen LogP contribution in [0.1, 0.15) is 17.2 Å². The summed E-state index contributed by atoms with van der Waals surface area (Å²) in [5.41, 5.74) is 2.14. The Morgan fingerprint density at radius 1 is 0.800 bits per heavy atom. The van der Waals surface area contributed by atoms with Crippen LogP contribution in [-0.2, 0) is 21.0 Å². The smallest absolute Gasteiger partial charge is 0.262 e. The molecular formula is C24H20N2O4. The number of fused-ring (bicyclic) bond motifs is 1. The van der Waals surface area contributed by atoms with E-state index in [0.29, 0.717) is 5.56 Å². The number of nitrogens with zero attached hydrogens (tertiary/aromatic N) is 2. The fourth-order valence-electron chi connectivity index (χ4n) is 4.25. The van der Waals surface area contributed by atoms with Gasteiger partial charge < -0.3 is 5.11 Å². The minimum atomic E-state index is -0.925. The lowest BCUT2D eigenvalue weighted by molar-refractivity contribution is -0.143. The van der Waals surface area contributed by atoms with Crippen molar-refractivity contribution in [1.29, 1.82) is 0 Å². The molecule has 30 heavy (non-hydrogen) atoms. The molecule has 0 spiro atoms. The zero-order valence-corrected chi connectivity index (χ0v) is 16.1. The molecule has 0 radical (unpaired) electrons. The maximum absolute atomic E-state index is 13.4. The van der Waals surface area contributed by atoms with E-state index in [4.69, 9.17) is 4.84 Å². The topological polar surface area (TPSA) is 70.1 Å². The summed E-state index contributed by atoms with van der Waals surface area (Å²) in [6, 6.07) is 25.0. The van der Waals surface area contributed by atoms with E-state index in [-0.39, 0.29) is 24.1 Å². The summed E-state index contributed by atoms with van der Waals surface area (Å²) in [4.78, 5) is 33.8. The molecule has 1 N–H and O–H groups in total. The van der Waals surface area contributed by atoms with Gasteiger partial charge in [0.1, 0.15) is 11.7 Å². The van der Waals surface area contributed by atoms with E-state index in [0.717, 1.165) is 11.3 Å². The molecule has 6 nitrogen and oxygen atoms in total. The Labute approximate surface area is 173 Å². The molecule has 2 heterocycles. The summed E-state index contributed by atoms with van der Waals surface area (Å²) >= 11 is 0. The molecule has 150 valence electrons. The van der Waals surface area contributed by atoms with Crippen LogP contribution in [0.2, 0.25) is 0 Å². The number of anilines is 1. The number of hydrogen-bond acceptors (Lipinski definition) is 5. The van der Waals surface area contributed by atoms with Gasteiger partial charge in [0.15, 0.2) is 6.10 Å². The van der Waals surface area contributed by atoms with Crippen molar-refractivity contribution >= 4 is 17.5 Å². The second kappa shape index (κ2) is 7.31. The SMILES string of the molecule is O=C1[C@H]2[C@@H](c3ccccc3O)N(c3ccccc3)O[C@H]2C(=O)N1Cc1ccccc1. The van der Waals surface area contributed by atoms with Gasteiger partial charge in [0, 0.05) is 5.56 Å². The summed E-state index contributed by atoms with van der Waals surface area (Å²) in [6.07, 6.45) is -0.925. The van der Waals surface area contributed by atoms with E-state index in [2.05, 4.69) is 0 Å². The fraction of sp³-hybridized carbons (Fsp3) is 0.167. The van der Waals surface area contributed by atoms with Gasteiger partial charge in [-0.3, -0.25) is 19.3 Å². The van der Waals surface area contributed by atoms with Crippen LogP contribution in [-0.4, -0.2) is 27.9 Å². The Hall–Kier alpha value is -3.64. The highest BCUT2D eigenvalue weighted by Crippen LogP contribution is 2.48. The van der Waals surface area contributed by atoms with E-state index in [1.54, 1.807) is 29.3 Å². The van der Waals surface area contributed by atoms with Crippen molar-refractivity contribution in [3.05, 3.63) is 96.1 Å². The quantitative estimate of drug-likeness (QED) is 0.680. The second-order valence-electron chi connectivity index (χ2n) is 7.47. The number of benzene rings is 3. The van der Waals surface area contributed by atoms with Gasteiger partial charge in [0.25, 0.3) is 5.91 Å². The zero-order valence-electron chi connectivity index (χ0n) is 16.1. The number of amides is 2. The average Bonchev–Trinajstić information content (AvgIpc) is 3.27. The van der Waals surface area contributed by atoms with Crippen molar-refractivity contribution in [2.45, 2.75) is 18.7 Å². The molecule has 3 atom stereocenters. The first-order valence-corrected chi connectivity index (χ1v) is 9.83. The Morgan fingerprint density at radius 3 is 2.13 bits per heavy atom. The minimum absolute atomic E-state index is 0.0643. The van der Waals surface area contributed by atoms with E-state index in [9.17, 15) is 14.7 Å². The third-order valence-corrected chi connectivity index (χ3v) is 5.66. The van der Waals surface area contributed by atoms with Crippen LogP contribution >= 0.6 is 0 Å². The molecule has 0 bridgehead atoms. The van der Waals surface area contributed by atoms with E-state index in [1.165, 1.54) is 4.90 Å². The molecule has 6 heteroatoms. The van der Waals surface area contributed by atoms with Crippen LogP contribution < -0.4 is 5.06 Å². The van der Waals surface area contributed by atoms with Crippen LogP contribution in [0.15, 0.2) is 84.9 Å². The van der Waals surface area contributed by atoms with Gasteiger partial charge in [-0.05, 0) is 23.8 Å². The first-order valence-electron chi connectivity index (χ1n) is 9.83. The number of imide groups is 1. The van der Waals surface area contributed by atoms with Crippen molar-refractivity contribution in [1.82, 2.24) is 4.90 Å². The number of phenols is 1. The average molecular weight is 400 g/mol. The molecular weight excluding hydrogens is 380 g/mol. The van der Waals surface area contributed by atoms with Crippen LogP contribution in [0.3, 0.4) is 0 Å². The summed E-state index contributed by atoms with van der Waals surface area (Å²) in [5, 5.41) is 12.1. The fourth-order valence-corrected chi connectivity index (χ4v) is 4.25. The number of hydrogen-bond donors (Lipinski definition) is 1. The predicted molar refractivity (Wildman–Crippen MR) is 110 cm³/mol. The van der Waals surface area contributed by atoms with Crippen LogP contribution in [0, 0.1) is 5.92 Å². The molecule has 2 saturated heterocycles. The summed E-state index contributed by atoms with van der Waals surface area (Å²) in [6.45, 7) is 0.202. The molecule has 0 aliphatic carbocycles. The molecule has 0 unspecified atom stereocenters. The number of carbonyl (C=O) groups excluding carboxylic acids is 2. The van der Waals surface area contributed by atoms with E-state index >= 15 is 0 Å². The van der Waals surface area contributed by atoms with Crippen molar-refractivity contribution < 1.29 is 19.5 Å². The summed E-state index contributed by atoms with van der Waals surface area (Å²) in [5.74, 6) is -1.32. The van der Waals surface area contributed by atoms with E-state index in [1.807, 2.05) is 60.7 Å². The number of rotatable bonds is 4. The summed E-state index contributed by atoms with van der Waals surface area (Å²) < 4.78 is 0. The van der Waals surface area contributed by atoms with Crippen LogP contribution in [0.25, 0.3) is 0 Å². The molecule has 2 aliphatic heterocycles. The van der Waals surface area contributed by atoms with Gasteiger partial charge in [-0.1, -0.05) is 66.7 Å². The Kier molecular flexibility index (Phi) is 4.48. The van der Waals surface area contributed by atoms with Crippen molar-refractivity contribution in [2.24, 2.45) is 5.92 Å². The Morgan fingerprint density at radius 2 is 1.43 bits per heavy atom. The Balaban J connectivity index is 1.54. The lowest BCUT2D eigenvalue weighted by Gasteiger charge is -2.29. The standard InChI is InChI=1S/C24H20N2O4/c27-19-14-8-7-13-18(19)21-20-22(30-26(21)17-11-5-2-6-12-17)24(29)25(23(20)28)15-16-9-3-1-4-10-16/h1-14,20-22,27H,15H2/t20-,21+,22+/m0/s1. The van der Waals surface area contributed by atoms with Crippen molar-refractivity contribution in [2.75, 3.05) is 5.06 Å². The first kappa shape index (κ1) is 18.4. The second-order valence-corrected chi connectivity index (χ2v) is 7.47. The first-order chi connectivity index (χ1) is 14.6. The molecule has 5 rings (SSSR count). The molecule has 0 saturated carbocycles. The van der Waals surface area contributed by atoms with Crippen molar-refractivity contribution in [3.63, 3.8) is 0 Å². The van der Waals surface area contributed by atoms with Crippen LogP contribution in [0.5, 0.6) is 5.75 Å². The van der Waals surface area contributed by atoms with Crippen LogP contribution in [0.4, 0.5) is 5.69 Å². The highest BCUT2D eigenvalue weighted by atomic mass is 16.7. The minimum Gasteiger partial charge on any atom is -0.508 e. The highest BCUT2D eigenvalue weighted by molar-refractivity contribution is 6.07. The third kappa shape index (κ3) is 2.93. The Bertz CT molecular complexity index is 1090. The predicted octanol–water partition coefficient (Wildman–Crippen LogP) is 3.44. The number of carbonyl (C=O) groups is 2. The monoisotopic (exact) mass is 400 g/mol. The molecule has 3 aromatic rings. The maximum Gasteiger partial charge on any atom is 0.262 e. The van der Waals surface area contributed by atoms with Gasteiger partial charge in [0.05, 0.1) is 18.3 Å². The number of likely N-dealkylation sites (tertiary alicyclic amines) is 1. The summed E-state index contributed by atoms with van der Waals surface area (Å²) in [7, 11) is 0. The van der Waals surface area contributed by atoms with E-state index < -0.39 is 18.1 Å². The van der Waals surface area contributed by atoms with Gasteiger partial charge in [-0.2, -0.15) is 0 Å². The van der Waals surface area contributed by atoms with Gasteiger partial charge in [-0.15, -0.1) is 0 Å². The molecule has 3 aromatic carbocycles. The molecule has 2 amide bonds. The van der Waals surface area contributed by atoms with Gasteiger partial charge in [0.2, 0.25) is 5.91 Å². The van der Waals surface area contributed by atoms with Gasteiger partial charge in [-0.25, -0.2) is 5.06 Å². The number of aromatic hydroxyl groups is 1. The third-order valence-electron chi connectivity index (χ3n) is 5.66. The number of phenolic OH excluding ortho intramolecular Hbond substituents is 1. The highest BCUT2D eigenvalue weighted by Gasteiger charge is 2.60. The van der Waals surface area contributed by atoms with Crippen molar-refractivity contribution in [3.8, 4) is 5.75 Å². The lowest BCUT2D eigenvalue weighted by Crippen LogP contribution is -2.36. The largest absolute Gasteiger partial charge is 0.508 e. The maximum atomic E-state index is 13.4. The number of hydroxylamine groups is 1. The lowest BCUT2D eigenvalue weighted by atomic mass is 9.90. The normalized spacial score (nSPS) is 23.1. The molecule has 2 aliphatic rings. The molecule has 2 fully saturated rings.